The van der Waals surface area contributed by atoms with Gasteiger partial charge < -0.3 is 43.7 Å². The SMILES string of the molecule is CSCCC(=O)NCCOCCOCCOCCOCCC(=O)NCCOC(=O)CCCCCCCOP(C)(=O)O. The third kappa shape index (κ3) is 33.1. The van der Waals surface area contributed by atoms with Gasteiger partial charge in [0.2, 0.25) is 11.8 Å². The third-order valence-corrected chi connectivity index (χ3v) is 6.51. The zero-order chi connectivity index (χ0) is 30.4. The van der Waals surface area contributed by atoms with Crippen LogP contribution in [0, 0.1) is 0 Å². The maximum Gasteiger partial charge on any atom is 0.325 e. The molecule has 242 valence electrons. The molecule has 15 heteroatoms. The second-order valence-electron chi connectivity index (χ2n) is 9.02. The van der Waals surface area contributed by atoms with E-state index in [1.54, 1.807) is 11.8 Å². The summed E-state index contributed by atoms with van der Waals surface area (Å²) in [6.07, 6.45) is 7.08. The Morgan fingerprint density at radius 3 is 1.78 bits per heavy atom. The van der Waals surface area contributed by atoms with Gasteiger partial charge in [0.05, 0.1) is 66.0 Å². The minimum atomic E-state index is -3.39. The molecular weight excluding hydrogens is 579 g/mol. The molecule has 0 fully saturated rings. The van der Waals surface area contributed by atoms with Crippen molar-refractivity contribution in [3.63, 3.8) is 0 Å². The molecule has 41 heavy (non-hydrogen) atoms. The van der Waals surface area contributed by atoms with E-state index in [2.05, 4.69) is 10.6 Å². The van der Waals surface area contributed by atoms with Crippen molar-refractivity contribution in [2.24, 2.45) is 0 Å². The van der Waals surface area contributed by atoms with Crippen LogP contribution in [-0.2, 0) is 47.2 Å². The van der Waals surface area contributed by atoms with Crippen LogP contribution < -0.4 is 10.6 Å². The summed E-state index contributed by atoms with van der Waals surface area (Å²) in [5.41, 5.74) is 0. The third-order valence-electron chi connectivity index (χ3n) is 5.23. The number of hydrogen-bond acceptors (Lipinski definition) is 11. The number of carbonyl (C=O) groups is 3. The van der Waals surface area contributed by atoms with Crippen LogP contribution in [0.5, 0.6) is 0 Å². The highest BCUT2D eigenvalue weighted by Gasteiger charge is 2.09. The molecule has 0 spiro atoms. The molecule has 0 saturated carbocycles. The van der Waals surface area contributed by atoms with Crippen LogP contribution in [0.4, 0.5) is 0 Å². The van der Waals surface area contributed by atoms with Gasteiger partial charge in [-0.1, -0.05) is 19.3 Å². The van der Waals surface area contributed by atoms with E-state index >= 15 is 0 Å². The Labute approximate surface area is 249 Å². The average molecular weight is 631 g/mol. The highest BCUT2D eigenvalue weighted by molar-refractivity contribution is 7.98. The summed E-state index contributed by atoms with van der Waals surface area (Å²) in [6.45, 7) is 5.55. The van der Waals surface area contributed by atoms with E-state index in [1.165, 1.54) is 6.66 Å². The van der Waals surface area contributed by atoms with Gasteiger partial charge in [0.1, 0.15) is 6.61 Å². The van der Waals surface area contributed by atoms with Crippen LogP contribution in [0.25, 0.3) is 0 Å². The molecule has 0 radical (unpaired) electrons. The van der Waals surface area contributed by atoms with E-state index < -0.39 is 7.60 Å². The lowest BCUT2D eigenvalue weighted by atomic mass is 10.1. The Balaban J connectivity index is 3.32. The van der Waals surface area contributed by atoms with Crippen molar-refractivity contribution in [1.29, 1.82) is 0 Å². The number of amides is 2. The molecule has 0 aliphatic rings. The summed E-state index contributed by atoms with van der Waals surface area (Å²) < 4.78 is 42.5. The lowest BCUT2D eigenvalue weighted by molar-refractivity contribution is -0.144. The summed E-state index contributed by atoms with van der Waals surface area (Å²) >= 11 is 1.64. The number of ether oxygens (including phenoxy) is 5. The van der Waals surface area contributed by atoms with Crippen LogP contribution in [0.1, 0.15) is 51.4 Å². The molecule has 0 aliphatic heterocycles. The van der Waals surface area contributed by atoms with Crippen molar-refractivity contribution in [2.75, 3.05) is 97.8 Å². The van der Waals surface area contributed by atoms with Crippen molar-refractivity contribution in [3.8, 4) is 0 Å². The van der Waals surface area contributed by atoms with Gasteiger partial charge in [0.15, 0.2) is 0 Å². The normalized spacial score (nSPS) is 12.6. The van der Waals surface area contributed by atoms with Crippen LogP contribution >= 0.6 is 19.4 Å². The molecule has 0 aliphatic carbocycles. The van der Waals surface area contributed by atoms with Crippen LogP contribution in [-0.4, -0.2) is 121 Å². The van der Waals surface area contributed by atoms with E-state index in [-0.39, 0.29) is 50.6 Å². The quantitative estimate of drug-likeness (QED) is 0.0602. The summed E-state index contributed by atoms with van der Waals surface area (Å²) in [6, 6.07) is 0. The lowest BCUT2D eigenvalue weighted by Crippen LogP contribution is -2.28. The number of hydrogen-bond donors (Lipinski definition) is 3. The van der Waals surface area contributed by atoms with E-state index in [9.17, 15) is 18.9 Å². The molecule has 1 unspecified atom stereocenters. The first kappa shape index (κ1) is 39.8. The average Bonchev–Trinajstić information content (AvgIpc) is 2.92. The molecule has 0 aromatic carbocycles. The van der Waals surface area contributed by atoms with Gasteiger partial charge in [-0.25, -0.2) is 0 Å². The summed E-state index contributed by atoms with van der Waals surface area (Å²) in [4.78, 5) is 44.0. The molecule has 0 aromatic rings. The minimum absolute atomic E-state index is 0.0376. The second kappa shape index (κ2) is 28.9. The number of thioether (sulfide) groups is 1. The van der Waals surface area contributed by atoms with E-state index in [0.717, 1.165) is 25.0 Å². The molecule has 0 bridgehead atoms. The maximum absolute atomic E-state index is 11.8. The monoisotopic (exact) mass is 630 g/mol. The van der Waals surface area contributed by atoms with Crippen molar-refractivity contribution in [2.45, 2.75) is 51.4 Å². The standard InChI is InChI=1S/C26H51N2O11PS/c1-40(32,33)39-13-7-5-3-4-6-8-26(31)38-16-12-28-24(29)9-14-34-17-19-36-21-22-37-20-18-35-15-11-27-25(30)10-23-41-2/h3-23H2,1-2H3,(H,27,30)(H,28,29)(H,32,33). The number of nitrogens with one attached hydrogen (secondary N) is 2. The Morgan fingerprint density at radius 2 is 1.17 bits per heavy atom. The zero-order valence-electron chi connectivity index (χ0n) is 24.7. The minimum Gasteiger partial charge on any atom is -0.464 e. The second-order valence-corrected chi connectivity index (χ2v) is 11.9. The van der Waals surface area contributed by atoms with Gasteiger partial charge >= 0.3 is 13.6 Å². The Bertz CT molecular complexity index is 713. The molecular formula is C26H51N2O11PS. The Morgan fingerprint density at radius 1 is 0.659 bits per heavy atom. The highest BCUT2D eigenvalue weighted by Crippen LogP contribution is 2.36. The number of unbranched alkanes of at least 4 members (excludes halogenated alkanes) is 4. The fourth-order valence-corrected chi connectivity index (χ4v) is 3.98. The largest absolute Gasteiger partial charge is 0.464 e. The zero-order valence-corrected chi connectivity index (χ0v) is 26.4. The van der Waals surface area contributed by atoms with E-state index in [0.29, 0.717) is 78.5 Å². The first-order valence-corrected chi connectivity index (χ1v) is 17.6. The van der Waals surface area contributed by atoms with Crippen molar-refractivity contribution < 1.29 is 52.1 Å². The smallest absolute Gasteiger partial charge is 0.325 e. The molecule has 0 heterocycles. The van der Waals surface area contributed by atoms with Gasteiger partial charge in [-0.3, -0.25) is 18.9 Å². The first-order chi connectivity index (χ1) is 19.7. The van der Waals surface area contributed by atoms with Gasteiger partial charge in [-0.2, -0.15) is 11.8 Å². The van der Waals surface area contributed by atoms with Gasteiger partial charge in [-0.15, -0.1) is 0 Å². The van der Waals surface area contributed by atoms with E-state index in [1.807, 2.05) is 6.26 Å². The Hall–Kier alpha value is -1.25. The molecule has 3 N–H and O–H groups in total. The predicted octanol–water partition coefficient (Wildman–Crippen LogP) is 2.14. The molecule has 2 amide bonds. The Kier molecular flexibility index (Phi) is 28.0. The molecule has 0 rings (SSSR count). The topological polar surface area (TPSA) is 168 Å². The molecule has 0 aromatic heterocycles. The predicted molar refractivity (Wildman–Crippen MR) is 157 cm³/mol. The number of carbonyl (C=O) groups excluding carboxylic acids is 3. The van der Waals surface area contributed by atoms with Crippen molar-refractivity contribution in [1.82, 2.24) is 10.6 Å². The summed E-state index contributed by atoms with van der Waals surface area (Å²) in [7, 11) is -3.39. The highest BCUT2D eigenvalue weighted by atomic mass is 32.2. The van der Waals surface area contributed by atoms with Gasteiger partial charge in [0, 0.05) is 38.2 Å². The van der Waals surface area contributed by atoms with Crippen molar-refractivity contribution in [3.05, 3.63) is 0 Å². The van der Waals surface area contributed by atoms with Crippen LogP contribution in [0.15, 0.2) is 0 Å². The fraction of sp³-hybridized carbons (Fsp3) is 0.885. The van der Waals surface area contributed by atoms with Gasteiger partial charge in [0.25, 0.3) is 0 Å². The number of rotatable bonds is 30. The summed E-state index contributed by atoms with van der Waals surface area (Å²) in [5, 5.41) is 5.47. The van der Waals surface area contributed by atoms with Crippen LogP contribution in [0.3, 0.4) is 0 Å². The van der Waals surface area contributed by atoms with Crippen molar-refractivity contribution >= 4 is 37.1 Å². The van der Waals surface area contributed by atoms with Crippen LogP contribution in [0.2, 0.25) is 0 Å². The van der Waals surface area contributed by atoms with E-state index in [4.69, 9.17) is 33.1 Å². The lowest BCUT2D eigenvalue weighted by Gasteiger charge is -2.09. The maximum atomic E-state index is 11.8. The molecule has 1 atom stereocenters. The first-order valence-electron chi connectivity index (χ1n) is 14.2. The van der Waals surface area contributed by atoms with Gasteiger partial charge in [-0.05, 0) is 19.1 Å². The fourth-order valence-electron chi connectivity index (χ4n) is 3.12. The molecule has 0 saturated heterocycles. The summed E-state index contributed by atoms with van der Waals surface area (Å²) in [5.74, 6) is 0.378. The molecule has 13 nitrogen and oxygen atoms in total. The number of esters is 1.